The molecule has 0 rings (SSSR count). The van der Waals surface area contributed by atoms with E-state index in [2.05, 4.69) is 4.74 Å². The smallest absolute Gasteiger partial charge is 0.337 e. The molecule has 0 radical (unpaired) electrons. The zero-order valence-electron chi connectivity index (χ0n) is 5.26. The maximum Gasteiger partial charge on any atom is 0.337 e. The molecule has 0 atom stereocenters. The Balaban J connectivity index is 3.17. The van der Waals surface area contributed by atoms with E-state index < -0.39 is 12.6 Å². The van der Waals surface area contributed by atoms with Crippen molar-refractivity contribution in [2.45, 2.75) is 6.92 Å². The van der Waals surface area contributed by atoms with Gasteiger partial charge in [-0.2, -0.15) is 0 Å². The molecule has 3 heteroatoms. The number of ether oxygens (including phenoxy) is 1. The summed E-state index contributed by atoms with van der Waals surface area (Å²) >= 11 is 0. The summed E-state index contributed by atoms with van der Waals surface area (Å²) in [5.41, 5.74) is 0. The van der Waals surface area contributed by atoms with E-state index in [0.717, 1.165) is 0 Å². The summed E-state index contributed by atoms with van der Waals surface area (Å²) in [5, 5.41) is 0. The van der Waals surface area contributed by atoms with Crippen LogP contribution in [0.4, 0.5) is 4.39 Å². The van der Waals surface area contributed by atoms with E-state index in [9.17, 15) is 9.18 Å². The summed E-state index contributed by atoms with van der Waals surface area (Å²) in [4.78, 5) is 10.1. The van der Waals surface area contributed by atoms with Crippen molar-refractivity contribution in [3.63, 3.8) is 0 Å². The lowest BCUT2D eigenvalue weighted by Gasteiger charge is -1.94. The van der Waals surface area contributed by atoms with Crippen molar-refractivity contribution < 1.29 is 13.9 Å². The highest BCUT2D eigenvalue weighted by Crippen LogP contribution is 1.80. The van der Waals surface area contributed by atoms with E-state index in [1.165, 1.54) is 0 Å². The zero-order valence-corrected chi connectivity index (χ0v) is 5.26. The summed E-state index contributed by atoms with van der Waals surface area (Å²) in [6.07, 6.45) is 3.36. The first kappa shape index (κ1) is 8.14. The van der Waals surface area contributed by atoms with Gasteiger partial charge in [-0.1, -0.05) is 12.2 Å². The third kappa shape index (κ3) is 5.00. The van der Waals surface area contributed by atoms with Crippen LogP contribution in [0.3, 0.4) is 0 Å². The minimum Gasteiger partial charge on any atom is -0.460 e. The number of rotatable bonds is 3. The van der Waals surface area contributed by atoms with Gasteiger partial charge in [0.05, 0.1) is 0 Å². The standard InChI is InChI=1S/C6H9FO2/c1-2-3-4-9-6(8)5-7/h2-3H,4-5H2,1H3/b3-2-. The first-order valence-electron chi connectivity index (χ1n) is 2.64. The Kier molecular flexibility index (Phi) is 4.78. The second kappa shape index (κ2) is 5.28. The number of alkyl halides is 1. The van der Waals surface area contributed by atoms with Crippen LogP contribution in [-0.4, -0.2) is 19.3 Å². The number of halogens is 1. The molecule has 0 aliphatic carbocycles. The van der Waals surface area contributed by atoms with Crippen molar-refractivity contribution >= 4 is 5.97 Å². The van der Waals surface area contributed by atoms with Crippen LogP contribution in [0, 0.1) is 0 Å². The normalized spacial score (nSPS) is 10.0. The molecule has 0 unspecified atom stereocenters. The monoisotopic (exact) mass is 132 g/mol. The first-order valence-corrected chi connectivity index (χ1v) is 2.64. The van der Waals surface area contributed by atoms with Crippen molar-refractivity contribution in [2.75, 3.05) is 13.3 Å². The molecule has 0 saturated carbocycles. The number of carbonyl (C=O) groups excluding carboxylic acids is 1. The maximum atomic E-state index is 11.3. The lowest BCUT2D eigenvalue weighted by atomic mass is 10.5. The number of allylic oxidation sites excluding steroid dienone is 1. The highest BCUT2D eigenvalue weighted by Gasteiger charge is 1.95. The van der Waals surface area contributed by atoms with E-state index in [0.29, 0.717) is 0 Å². The molecule has 0 fully saturated rings. The van der Waals surface area contributed by atoms with E-state index in [-0.39, 0.29) is 6.61 Å². The molecule has 0 saturated heterocycles. The Morgan fingerprint density at radius 2 is 2.44 bits per heavy atom. The number of esters is 1. The highest BCUT2D eigenvalue weighted by molar-refractivity contribution is 5.70. The molecule has 0 N–H and O–H groups in total. The second-order valence-electron chi connectivity index (χ2n) is 1.39. The van der Waals surface area contributed by atoms with Crippen LogP contribution >= 0.6 is 0 Å². The molecular formula is C6H9FO2. The summed E-state index contributed by atoms with van der Waals surface area (Å²) in [6.45, 7) is 0.917. The van der Waals surface area contributed by atoms with Crippen LogP contribution in [0.25, 0.3) is 0 Å². The third-order valence-corrected chi connectivity index (χ3v) is 0.685. The van der Waals surface area contributed by atoms with Crippen molar-refractivity contribution in [3.8, 4) is 0 Å². The summed E-state index contributed by atoms with van der Waals surface area (Å²) in [5.74, 6) is -0.812. The van der Waals surface area contributed by atoms with Gasteiger partial charge in [0, 0.05) is 0 Å². The predicted octanol–water partition coefficient (Wildman–Crippen LogP) is 1.08. The van der Waals surface area contributed by atoms with Gasteiger partial charge in [-0.15, -0.1) is 0 Å². The van der Waals surface area contributed by atoms with Crippen LogP contribution in [0.5, 0.6) is 0 Å². The van der Waals surface area contributed by atoms with Gasteiger partial charge in [-0.25, -0.2) is 9.18 Å². The van der Waals surface area contributed by atoms with Crippen LogP contribution in [-0.2, 0) is 9.53 Å². The Bertz CT molecular complexity index is 110. The first-order chi connectivity index (χ1) is 4.31. The number of carbonyl (C=O) groups is 1. The highest BCUT2D eigenvalue weighted by atomic mass is 19.1. The molecule has 2 nitrogen and oxygen atoms in total. The van der Waals surface area contributed by atoms with Crippen molar-refractivity contribution in [1.29, 1.82) is 0 Å². The minimum absolute atomic E-state index is 0.166. The molecule has 0 aromatic heterocycles. The molecule has 0 amide bonds. The Morgan fingerprint density at radius 1 is 1.78 bits per heavy atom. The van der Waals surface area contributed by atoms with Gasteiger partial charge in [0.2, 0.25) is 0 Å². The van der Waals surface area contributed by atoms with Crippen molar-refractivity contribution in [3.05, 3.63) is 12.2 Å². The van der Waals surface area contributed by atoms with Gasteiger partial charge in [0.15, 0.2) is 6.67 Å². The summed E-state index contributed by atoms with van der Waals surface area (Å²) in [7, 11) is 0. The van der Waals surface area contributed by atoms with E-state index in [1.807, 2.05) is 0 Å². The molecule has 0 heterocycles. The quantitative estimate of drug-likeness (QED) is 0.424. The van der Waals surface area contributed by atoms with Crippen LogP contribution in [0.15, 0.2) is 12.2 Å². The Hall–Kier alpha value is -0.860. The average Bonchev–Trinajstić information content (AvgIpc) is 1.89. The SMILES string of the molecule is C/C=C\COC(=O)CF. The van der Waals surface area contributed by atoms with E-state index >= 15 is 0 Å². The molecule has 0 spiro atoms. The molecule has 0 aliphatic rings. The Labute approximate surface area is 53.3 Å². The van der Waals surface area contributed by atoms with Crippen LogP contribution in [0.1, 0.15) is 6.92 Å². The van der Waals surface area contributed by atoms with Gasteiger partial charge in [0.25, 0.3) is 0 Å². The van der Waals surface area contributed by atoms with E-state index in [1.54, 1.807) is 19.1 Å². The second-order valence-corrected chi connectivity index (χ2v) is 1.39. The molecule has 52 valence electrons. The zero-order chi connectivity index (χ0) is 7.11. The summed E-state index contributed by atoms with van der Waals surface area (Å²) < 4.78 is 15.6. The number of hydrogen-bond donors (Lipinski definition) is 0. The van der Waals surface area contributed by atoms with Crippen molar-refractivity contribution in [2.24, 2.45) is 0 Å². The average molecular weight is 132 g/mol. The van der Waals surface area contributed by atoms with Gasteiger partial charge >= 0.3 is 5.97 Å². The van der Waals surface area contributed by atoms with Gasteiger partial charge in [-0.05, 0) is 6.92 Å². The molecule has 0 aromatic rings. The number of hydrogen-bond acceptors (Lipinski definition) is 2. The lowest BCUT2D eigenvalue weighted by Crippen LogP contribution is -2.05. The van der Waals surface area contributed by atoms with Gasteiger partial charge < -0.3 is 4.74 Å². The minimum atomic E-state index is -1.04. The molecule has 0 aromatic carbocycles. The molecular weight excluding hydrogens is 123 g/mol. The van der Waals surface area contributed by atoms with Gasteiger partial charge in [0.1, 0.15) is 6.61 Å². The predicted molar refractivity (Wildman–Crippen MR) is 31.7 cm³/mol. The fourth-order valence-corrected chi connectivity index (χ4v) is 0.276. The fraction of sp³-hybridized carbons (Fsp3) is 0.500. The molecule has 0 bridgehead atoms. The molecule has 0 aliphatic heterocycles. The summed E-state index contributed by atoms with van der Waals surface area (Å²) in [6, 6.07) is 0. The molecule has 9 heavy (non-hydrogen) atoms. The van der Waals surface area contributed by atoms with Crippen LogP contribution < -0.4 is 0 Å². The third-order valence-electron chi connectivity index (χ3n) is 0.685. The largest absolute Gasteiger partial charge is 0.460 e. The van der Waals surface area contributed by atoms with Crippen molar-refractivity contribution in [1.82, 2.24) is 0 Å². The van der Waals surface area contributed by atoms with Crippen LogP contribution in [0.2, 0.25) is 0 Å². The van der Waals surface area contributed by atoms with Gasteiger partial charge in [-0.3, -0.25) is 0 Å². The fourth-order valence-electron chi connectivity index (χ4n) is 0.276. The lowest BCUT2D eigenvalue weighted by molar-refractivity contribution is -0.143. The maximum absolute atomic E-state index is 11.3. The topological polar surface area (TPSA) is 26.3 Å². The van der Waals surface area contributed by atoms with E-state index in [4.69, 9.17) is 0 Å². The Morgan fingerprint density at radius 3 is 2.89 bits per heavy atom.